The Morgan fingerprint density at radius 1 is 0.447 bits per heavy atom. The van der Waals surface area contributed by atoms with Gasteiger partial charge in [0.1, 0.15) is 11.2 Å². The Balaban J connectivity index is 2.50. The first-order chi connectivity index (χ1) is 18.5. The molecule has 0 aromatic heterocycles. The Morgan fingerprint density at radius 2 is 0.763 bits per heavy atom. The summed E-state index contributed by atoms with van der Waals surface area (Å²) >= 11 is 0. The number of hydrogen-bond donors (Lipinski definition) is 0. The molecule has 0 spiro atoms. The fourth-order valence-electron chi connectivity index (χ4n) is 3.26. The van der Waals surface area contributed by atoms with Crippen molar-refractivity contribution in [3.05, 3.63) is 0 Å². The standard InChI is InChI=1S/C26H52O12/c1-25(21-33-7-5-27-3)23-35-15-13-30-14-16-36-24-26(2,22-34-8-6-28-4)38-20-18-32-12-10-29-9-11-31-17-19-37-25/h5-24H2,1-4H3. The number of hydrogen-bond acceptors (Lipinski definition) is 12. The number of rotatable bonds is 10. The molecule has 2 atom stereocenters. The maximum atomic E-state index is 6.04. The van der Waals surface area contributed by atoms with E-state index in [0.29, 0.717) is 132 Å². The van der Waals surface area contributed by atoms with Crippen molar-refractivity contribution < 1.29 is 56.8 Å². The summed E-state index contributed by atoms with van der Waals surface area (Å²) in [5.74, 6) is 0. The molecule has 1 fully saturated rings. The van der Waals surface area contributed by atoms with E-state index in [1.807, 2.05) is 13.8 Å². The molecule has 0 saturated carbocycles. The molecule has 0 radical (unpaired) electrons. The van der Waals surface area contributed by atoms with Crippen molar-refractivity contribution in [1.29, 1.82) is 0 Å². The second-order valence-corrected chi connectivity index (χ2v) is 9.24. The first kappa shape index (κ1) is 35.5. The van der Waals surface area contributed by atoms with Crippen molar-refractivity contribution in [2.45, 2.75) is 25.0 Å². The first-order valence-corrected chi connectivity index (χ1v) is 13.4. The van der Waals surface area contributed by atoms with Gasteiger partial charge in [-0.1, -0.05) is 0 Å². The van der Waals surface area contributed by atoms with Gasteiger partial charge in [0.05, 0.1) is 132 Å². The summed E-state index contributed by atoms with van der Waals surface area (Å²) in [4.78, 5) is 0. The largest absolute Gasteiger partial charge is 0.382 e. The molecule has 1 saturated heterocycles. The predicted octanol–water partition coefficient (Wildman–Crippen LogP) is 0.976. The van der Waals surface area contributed by atoms with Crippen LogP contribution in [0.2, 0.25) is 0 Å². The van der Waals surface area contributed by atoms with Crippen LogP contribution in [0, 0.1) is 0 Å². The zero-order chi connectivity index (χ0) is 27.6. The van der Waals surface area contributed by atoms with Crippen molar-refractivity contribution in [1.82, 2.24) is 0 Å². The lowest BCUT2D eigenvalue weighted by atomic mass is 10.1. The predicted molar refractivity (Wildman–Crippen MR) is 139 cm³/mol. The van der Waals surface area contributed by atoms with E-state index in [2.05, 4.69) is 0 Å². The van der Waals surface area contributed by atoms with Gasteiger partial charge in [0.15, 0.2) is 0 Å². The molecule has 0 N–H and O–H groups in total. The van der Waals surface area contributed by atoms with E-state index >= 15 is 0 Å². The Morgan fingerprint density at radius 3 is 1.11 bits per heavy atom. The third-order valence-corrected chi connectivity index (χ3v) is 5.34. The van der Waals surface area contributed by atoms with E-state index in [0.717, 1.165) is 0 Å². The molecule has 12 heteroatoms. The Labute approximate surface area is 228 Å². The summed E-state index contributed by atoms with van der Waals surface area (Å²) in [6.45, 7) is 12.8. The molecule has 0 bridgehead atoms. The molecule has 12 nitrogen and oxygen atoms in total. The lowest BCUT2D eigenvalue weighted by Gasteiger charge is -2.30. The van der Waals surface area contributed by atoms with Gasteiger partial charge in [-0.25, -0.2) is 0 Å². The van der Waals surface area contributed by atoms with Gasteiger partial charge in [0.25, 0.3) is 0 Å². The highest BCUT2D eigenvalue weighted by Crippen LogP contribution is 2.13. The summed E-state index contributed by atoms with van der Waals surface area (Å²) in [5, 5.41) is 0. The highest BCUT2D eigenvalue weighted by atomic mass is 16.6. The quantitative estimate of drug-likeness (QED) is 0.358. The van der Waals surface area contributed by atoms with Crippen molar-refractivity contribution in [3.63, 3.8) is 0 Å². The molecule has 38 heavy (non-hydrogen) atoms. The molecular weight excluding hydrogens is 504 g/mol. The van der Waals surface area contributed by atoms with Gasteiger partial charge in [-0.2, -0.15) is 0 Å². The van der Waals surface area contributed by atoms with Crippen LogP contribution in [0.1, 0.15) is 13.8 Å². The van der Waals surface area contributed by atoms with Crippen LogP contribution in [0.15, 0.2) is 0 Å². The second-order valence-electron chi connectivity index (χ2n) is 9.24. The van der Waals surface area contributed by atoms with Gasteiger partial charge in [-0.05, 0) is 13.8 Å². The van der Waals surface area contributed by atoms with Crippen LogP contribution in [0.5, 0.6) is 0 Å². The Bertz CT molecular complexity index is 473. The van der Waals surface area contributed by atoms with Gasteiger partial charge in [-0.15, -0.1) is 0 Å². The summed E-state index contributed by atoms with van der Waals surface area (Å²) < 4.78 is 67.6. The monoisotopic (exact) mass is 556 g/mol. The summed E-state index contributed by atoms with van der Waals surface area (Å²) in [5.41, 5.74) is -1.23. The smallest absolute Gasteiger partial charge is 0.112 e. The summed E-state index contributed by atoms with van der Waals surface area (Å²) in [7, 11) is 3.28. The molecule has 1 aliphatic rings. The van der Waals surface area contributed by atoms with Gasteiger partial charge in [0, 0.05) is 14.2 Å². The minimum absolute atomic E-state index is 0.363. The van der Waals surface area contributed by atoms with Crippen LogP contribution in [0.25, 0.3) is 0 Å². The zero-order valence-corrected chi connectivity index (χ0v) is 24.0. The van der Waals surface area contributed by atoms with Crippen LogP contribution in [0.3, 0.4) is 0 Å². The topological polar surface area (TPSA) is 111 Å². The molecule has 2 unspecified atom stereocenters. The molecule has 228 valence electrons. The van der Waals surface area contributed by atoms with Crippen LogP contribution >= 0.6 is 0 Å². The molecule has 0 aromatic rings. The molecule has 1 aliphatic heterocycles. The highest BCUT2D eigenvalue weighted by Gasteiger charge is 2.27. The summed E-state index contributed by atoms with van der Waals surface area (Å²) in [6.07, 6.45) is 0. The fraction of sp³-hybridized carbons (Fsp3) is 1.00. The number of methoxy groups -OCH3 is 2. The van der Waals surface area contributed by atoms with Crippen LogP contribution in [-0.2, 0) is 56.8 Å². The molecule has 1 rings (SSSR count). The Kier molecular flexibility index (Phi) is 22.8. The SMILES string of the molecule is COCCOCC1(C)COCCOCCOCC(C)(COCCOC)OCCOCCOCCOCCO1. The third kappa shape index (κ3) is 20.4. The van der Waals surface area contributed by atoms with E-state index in [4.69, 9.17) is 56.8 Å². The average molecular weight is 557 g/mol. The van der Waals surface area contributed by atoms with E-state index in [1.165, 1.54) is 0 Å². The fourth-order valence-corrected chi connectivity index (χ4v) is 3.26. The Hall–Kier alpha value is -0.480. The normalized spacial score (nSPS) is 27.5. The summed E-state index contributed by atoms with van der Waals surface area (Å²) in [6, 6.07) is 0. The van der Waals surface area contributed by atoms with Crippen LogP contribution < -0.4 is 0 Å². The lowest BCUT2D eigenvalue weighted by Crippen LogP contribution is -2.41. The van der Waals surface area contributed by atoms with Gasteiger partial charge >= 0.3 is 0 Å². The van der Waals surface area contributed by atoms with Crippen LogP contribution in [-0.4, -0.2) is 158 Å². The van der Waals surface area contributed by atoms with Crippen molar-refractivity contribution in [2.24, 2.45) is 0 Å². The molecule has 0 aromatic carbocycles. The van der Waals surface area contributed by atoms with Crippen LogP contribution in [0.4, 0.5) is 0 Å². The van der Waals surface area contributed by atoms with E-state index in [1.54, 1.807) is 14.2 Å². The molecule has 1 heterocycles. The second kappa shape index (κ2) is 24.3. The first-order valence-electron chi connectivity index (χ1n) is 13.4. The van der Waals surface area contributed by atoms with E-state index in [9.17, 15) is 0 Å². The van der Waals surface area contributed by atoms with Crippen molar-refractivity contribution >= 4 is 0 Å². The zero-order valence-electron chi connectivity index (χ0n) is 24.0. The minimum Gasteiger partial charge on any atom is -0.382 e. The molecular formula is C26H52O12. The lowest BCUT2D eigenvalue weighted by molar-refractivity contribution is -0.146. The van der Waals surface area contributed by atoms with E-state index < -0.39 is 11.2 Å². The van der Waals surface area contributed by atoms with Crippen molar-refractivity contribution in [2.75, 3.05) is 146 Å². The number of ether oxygens (including phenoxy) is 12. The maximum Gasteiger partial charge on any atom is 0.112 e. The van der Waals surface area contributed by atoms with Gasteiger partial charge in [-0.3, -0.25) is 0 Å². The molecule has 0 amide bonds. The average Bonchev–Trinajstić information content (AvgIpc) is 2.90. The highest BCUT2D eigenvalue weighted by molar-refractivity contribution is 4.75. The van der Waals surface area contributed by atoms with Gasteiger partial charge < -0.3 is 56.8 Å². The van der Waals surface area contributed by atoms with Crippen molar-refractivity contribution in [3.8, 4) is 0 Å². The third-order valence-electron chi connectivity index (χ3n) is 5.34. The minimum atomic E-state index is -0.613. The van der Waals surface area contributed by atoms with Gasteiger partial charge in [0.2, 0.25) is 0 Å². The molecule has 0 aliphatic carbocycles. The maximum absolute atomic E-state index is 6.04. The van der Waals surface area contributed by atoms with E-state index in [-0.39, 0.29) is 0 Å².